The predicted octanol–water partition coefficient (Wildman–Crippen LogP) is 3.97. The monoisotopic (exact) mass is 391 g/mol. The van der Waals surface area contributed by atoms with Gasteiger partial charge in [0.25, 0.3) is 0 Å². The van der Waals surface area contributed by atoms with Crippen molar-refractivity contribution in [3.63, 3.8) is 0 Å². The summed E-state index contributed by atoms with van der Waals surface area (Å²) < 4.78 is 0. The van der Waals surface area contributed by atoms with Crippen molar-refractivity contribution in [3.05, 3.63) is 59.7 Å². The van der Waals surface area contributed by atoms with Gasteiger partial charge in [-0.15, -0.1) is 0 Å². The van der Waals surface area contributed by atoms with Crippen LogP contribution in [0.25, 0.3) is 0 Å². The Bertz CT molecular complexity index is 872. The Kier molecular flexibility index (Phi) is 5.84. The molecule has 0 bridgehead atoms. The van der Waals surface area contributed by atoms with E-state index in [-0.39, 0.29) is 24.2 Å². The van der Waals surface area contributed by atoms with Gasteiger partial charge in [0.2, 0.25) is 11.8 Å². The van der Waals surface area contributed by atoms with Gasteiger partial charge in [-0.2, -0.15) is 0 Å². The zero-order valence-corrected chi connectivity index (χ0v) is 17.1. The highest BCUT2D eigenvalue weighted by molar-refractivity contribution is 5.97. The van der Waals surface area contributed by atoms with Crippen molar-refractivity contribution in [2.45, 2.75) is 39.2 Å². The number of rotatable bonds is 5. The number of nitrogens with zero attached hydrogens (tertiary/aromatic N) is 2. The first-order valence-electron chi connectivity index (χ1n) is 10.6. The molecule has 0 spiro atoms. The van der Waals surface area contributed by atoms with Gasteiger partial charge in [-0.1, -0.05) is 35.9 Å². The van der Waals surface area contributed by atoms with E-state index in [9.17, 15) is 9.59 Å². The Morgan fingerprint density at radius 3 is 2.59 bits per heavy atom. The van der Waals surface area contributed by atoms with Crippen LogP contribution in [-0.4, -0.2) is 36.3 Å². The number of hydrogen-bond acceptors (Lipinski definition) is 3. The number of hydrogen-bond donors (Lipinski definition) is 1. The molecule has 1 unspecified atom stereocenters. The van der Waals surface area contributed by atoms with Gasteiger partial charge in [-0.05, 0) is 49.9 Å². The maximum absolute atomic E-state index is 12.8. The molecule has 5 nitrogen and oxygen atoms in total. The first-order valence-corrected chi connectivity index (χ1v) is 10.6. The van der Waals surface area contributed by atoms with Gasteiger partial charge in [-0.3, -0.25) is 9.59 Å². The molecule has 0 aromatic heterocycles. The molecule has 0 radical (unpaired) electrons. The Morgan fingerprint density at radius 1 is 1.07 bits per heavy atom. The van der Waals surface area contributed by atoms with Gasteiger partial charge >= 0.3 is 0 Å². The summed E-state index contributed by atoms with van der Waals surface area (Å²) in [6.07, 6.45) is 4.01. The Balaban J connectivity index is 1.36. The SMILES string of the molecule is Cc1ccc(CN2CC(C(=O)Nc3cccc(N4CCCCC4)c3)CC2=O)cc1. The normalized spacial score (nSPS) is 19.5. The summed E-state index contributed by atoms with van der Waals surface area (Å²) in [5.41, 5.74) is 4.26. The molecule has 2 heterocycles. The van der Waals surface area contributed by atoms with E-state index in [0.717, 1.165) is 30.0 Å². The van der Waals surface area contributed by atoms with Crippen molar-refractivity contribution in [3.8, 4) is 0 Å². The first kappa shape index (κ1) is 19.5. The molecule has 1 atom stereocenters. The van der Waals surface area contributed by atoms with Gasteiger partial charge in [-0.25, -0.2) is 0 Å². The molecule has 4 rings (SSSR count). The molecular weight excluding hydrogens is 362 g/mol. The third kappa shape index (κ3) is 4.78. The molecule has 29 heavy (non-hydrogen) atoms. The van der Waals surface area contributed by atoms with Gasteiger partial charge in [0.1, 0.15) is 0 Å². The van der Waals surface area contributed by atoms with Crippen LogP contribution in [0, 0.1) is 12.8 Å². The van der Waals surface area contributed by atoms with Gasteiger partial charge < -0.3 is 15.1 Å². The van der Waals surface area contributed by atoms with Crippen molar-refractivity contribution >= 4 is 23.2 Å². The van der Waals surface area contributed by atoms with Crippen LogP contribution in [0.4, 0.5) is 11.4 Å². The van der Waals surface area contributed by atoms with Crippen molar-refractivity contribution in [1.82, 2.24) is 4.90 Å². The van der Waals surface area contributed by atoms with Gasteiger partial charge in [0, 0.05) is 44.0 Å². The predicted molar refractivity (Wildman–Crippen MR) is 116 cm³/mol. The average molecular weight is 392 g/mol. The molecule has 2 amide bonds. The van der Waals surface area contributed by atoms with Crippen LogP contribution in [0.1, 0.15) is 36.8 Å². The second kappa shape index (κ2) is 8.68. The standard InChI is InChI=1S/C24H29N3O2/c1-18-8-10-19(11-9-18)16-27-17-20(14-23(27)28)24(29)25-21-6-5-7-22(15-21)26-12-3-2-4-13-26/h5-11,15,20H,2-4,12-14,16-17H2,1H3,(H,25,29). The molecule has 2 aromatic carbocycles. The number of amides is 2. The Hall–Kier alpha value is -2.82. The summed E-state index contributed by atoms with van der Waals surface area (Å²) in [6.45, 7) is 5.23. The van der Waals surface area contributed by atoms with E-state index in [0.29, 0.717) is 13.1 Å². The fourth-order valence-corrected chi connectivity index (χ4v) is 4.19. The number of piperidine rings is 1. The summed E-state index contributed by atoms with van der Waals surface area (Å²) in [5, 5.41) is 3.03. The molecule has 2 aliphatic heterocycles. The lowest BCUT2D eigenvalue weighted by molar-refractivity contribution is -0.128. The van der Waals surface area contributed by atoms with Gasteiger partial charge in [0.15, 0.2) is 0 Å². The van der Waals surface area contributed by atoms with Crippen LogP contribution in [0.5, 0.6) is 0 Å². The van der Waals surface area contributed by atoms with Crippen molar-refractivity contribution in [1.29, 1.82) is 0 Å². The van der Waals surface area contributed by atoms with E-state index < -0.39 is 0 Å². The molecule has 0 saturated carbocycles. The summed E-state index contributed by atoms with van der Waals surface area (Å²) in [5.74, 6) is -0.320. The first-order chi connectivity index (χ1) is 14.1. The molecule has 1 N–H and O–H groups in total. The zero-order valence-electron chi connectivity index (χ0n) is 17.1. The number of carbonyl (C=O) groups excluding carboxylic acids is 2. The van der Waals surface area contributed by atoms with E-state index in [1.54, 1.807) is 4.90 Å². The number of benzene rings is 2. The highest BCUT2D eigenvalue weighted by atomic mass is 16.2. The van der Waals surface area contributed by atoms with E-state index in [4.69, 9.17) is 0 Å². The largest absolute Gasteiger partial charge is 0.371 e. The number of anilines is 2. The molecular formula is C24H29N3O2. The molecule has 2 aromatic rings. The fourth-order valence-electron chi connectivity index (χ4n) is 4.19. The Labute approximate surface area is 172 Å². The lowest BCUT2D eigenvalue weighted by Gasteiger charge is -2.29. The summed E-state index contributed by atoms with van der Waals surface area (Å²) in [6, 6.07) is 16.2. The van der Waals surface area contributed by atoms with Crippen molar-refractivity contribution in [2.75, 3.05) is 29.9 Å². The third-order valence-electron chi connectivity index (χ3n) is 5.91. The second-order valence-electron chi connectivity index (χ2n) is 8.25. The third-order valence-corrected chi connectivity index (χ3v) is 5.91. The topological polar surface area (TPSA) is 52.7 Å². The lowest BCUT2D eigenvalue weighted by atomic mass is 10.1. The summed E-state index contributed by atoms with van der Waals surface area (Å²) >= 11 is 0. The van der Waals surface area contributed by atoms with Crippen LogP contribution < -0.4 is 10.2 Å². The van der Waals surface area contributed by atoms with E-state index >= 15 is 0 Å². The van der Waals surface area contributed by atoms with Crippen LogP contribution >= 0.6 is 0 Å². The number of aryl methyl sites for hydroxylation is 1. The minimum atomic E-state index is -0.299. The average Bonchev–Trinajstić information content (AvgIpc) is 3.11. The second-order valence-corrected chi connectivity index (χ2v) is 8.25. The molecule has 2 fully saturated rings. The zero-order chi connectivity index (χ0) is 20.2. The van der Waals surface area contributed by atoms with E-state index in [1.807, 2.05) is 37.3 Å². The number of likely N-dealkylation sites (tertiary alicyclic amines) is 1. The number of carbonyl (C=O) groups is 2. The van der Waals surface area contributed by atoms with E-state index in [1.165, 1.54) is 24.8 Å². The fraction of sp³-hybridized carbons (Fsp3) is 0.417. The van der Waals surface area contributed by atoms with Crippen molar-refractivity contribution < 1.29 is 9.59 Å². The summed E-state index contributed by atoms with van der Waals surface area (Å²) in [7, 11) is 0. The maximum atomic E-state index is 12.8. The number of nitrogens with one attached hydrogen (secondary N) is 1. The smallest absolute Gasteiger partial charge is 0.229 e. The summed E-state index contributed by atoms with van der Waals surface area (Å²) in [4.78, 5) is 29.4. The molecule has 2 aliphatic rings. The molecule has 0 aliphatic carbocycles. The molecule has 2 saturated heterocycles. The Morgan fingerprint density at radius 2 is 1.83 bits per heavy atom. The van der Waals surface area contributed by atoms with Crippen molar-refractivity contribution in [2.24, 2.45) is 5.92 Å². The minimum absolute atomic E-state index is 0.0489. The lowest BCUT2D eigenvalue weighted by Crippen LogP contribution is -2.29. The van der Waals surface area contributed by atoms with Crippen LogP contribution in [-0.2, 0) is 16.1 Å². The highest BCUT2D eigenvalue weighted by Gasteiger charge is 2.34. The molecule has 5 heteroatoms. The van der Waals surface area contributed by atoms with Crippen LogP contribution in [0.3, 0.4) is 0 Å². The van der Waals surface area contributed by atoms with E-state index in [2.05, 4.69) is 28.4 Å². The quantitative estimate of drug-likeness (QED) is 0.839. The van der Waals surface area contributed by atoms with Crippen LogP contribution in [0.2, 0.25) is 0 Å². The van der Waals surface area contributed by atoms with Crippen LogP contribution in [0.15, 0.2) is 48.5 Å². The van der Waals surface area contributed by atoms with Gasteiger partial charge in [0.05, 0.1) is 5.92 Å². The molecule has 152 valence electrons. The maximum Gasteiger partial charge on any atom is 0.229 e. The highest BCUT2D eigenvalue weighted by Crippen LogP contribution is 2.25. The minimum Gasteiger partial charge on any atom is -0.371 e.